The maximum absolute atomic E-state index is 11.4. The predicted molar refractivity (Wildman–Crippen MR) is 91.6 cm³/mol. The molecule has 6 heteroatoms. The predicted octanol–water partition coefficient (Wildman–Crippen LogP) is 1.58. The van der Waals surface area contributed by atoms with Crippen LogP contribution in [-0.4, -0.2) is 63.3 Å². The second kappa shape index (κ2) is 9.99. The van der Waals surface area contributed by atoms with E-state index in [-0.39, 0.29) is 23.8 Å². The van der Waals surface area contributed by atoms with Crippen LogP contribution in [0.15, 0.2) is 0 Å². The first-order chi connectivity index (χ1) is 11.7. The standard InChI is InChI=1S/C12H21NO2.C6H11NO2/c1-15-12(14)10-7-8-13(9-10)11-5-3-2-4-6-11;1-9-6(8)5-2-3-7-4-5/h10-11H,2-9H2,1H3;5,7H,2-4H2,1H3. The van der Waals surface area contributed by atoms with Gasteiger partial charge in [0.05, 0.1) is 26.1 Å². The van der Waals surface area contributed by atoms with Crippen LogP contribution in [-0.2, 0) is 19.1 Å². The quantitative estimate of drug-likeness (QED) is 0.787. The molecule has 2 atom stereocenters. The number of hydrogen-bond donors (Lipinski definition) is 1. The van der Waals surface area contributed by atoms with Crippen LogP contribution < -0.4 is 5.32 Å². The average Bonchev–Trinajstić information content (AvgIpc) is 3.33. The van der Waals surface area contributed by atoms with E-state index >= 15 is 0 Å². The Bertz CT molecular complexity index is 404. The van der Waals surface area contributed by atoms with Crippen LogP contribution in [0.1, 0.15) is 44.9 Å². The molecule has 3 fully saturated rings. The van der Waals surface area contributed by atoms with Crippen molar-refractivity contribution in [3.8, 4) is 0 Å². The summed E-state index contributed by atoms with van der Waals surface area (Å²) < 4.78 is 9.36. The normalized spacial score (nSPS) is 28.1. The van der Waals surface area contributed by atoms with Crippen molar-refractivity contribution in [2.75, 3.05) is 40.4 Å². The van der Waals surface area contributed by atoms with Gasteiger partial charge in [-0.2, -0.15) is 0 Å². The van der Waals surface area contributed by atoms with E-state index in [1.807, 2.05) is 0 Å². The van der Waals surface area contributed by atoms with E-state index in [0.717, 1.165) is 45.1 Å². The van der Waals surface area contributed by atoms with Gasteiger partial charge in [0.25, 0.3) is 0 Å². The molecule has 1 saturated carbocycles. The van der Waals surface area contributed by atoms with Crippen molar-refractivity contribution < 1.29 is 19.1 Å². The summed E-state index contributed by atoms with van der Waals surface area (Å²) in [6, 6.07) is 0.744. The minimum atomic E-state index is -0.0833. The molecule has 2 unspecified atom stereocenters. The van der Waals surface area contributed by atoms with Crippen LogP contribution in [0.25, 0.3) is 0 Å². The van der Waals surface area contributed by atoms with Crippen molar-refractivity contribution in [3.05, 3.63) is 0 Å². The summed E-state index contributed by atoms with van der Waals surface area (Å²) in [5.41, 5.74) is 0. The first-order valence-corrected chi connectivity index (χ1v) is 9.26. The zero-order chi connectivity index (χ0) is 17.4. The molecule has 2 aliphatic heterocycles. The van der Waals surface area contributed by atoms with Gasteiger partial charge in [-0.15, -0.1) is 0 Å². The summed E-state index contributed by atoms with van der Waals surface area (Å²) >= 11 is 0. The maximum Gasteiger partial charge on any atom is 0.310 e. The molecule has 0 radical (unpaired) electrons. The Labute approximate surface area is 145 Å². The number of ether oxygens (including phenoxy) is 2. The molecule has 2 saturated heterocycles. The summed E-state index contributed by atoms with van der Waals surface area (Å²) in [5, 5.41) is 3.09. The molecule has 6 nitrogen and oxygen atoms in total. The van der Waals surface area contributed by atoms with E-state index in [4.69, 9.17) is 4.74 Å². The highest BCUT2D eigenvalue weighted by atomic mass is 16.5. The third-order valence-corrected chi connectivity index (χ3v) is 5.44. The Morgan fingerprint density at radius 1 is 0.917 bits per heavy atom. The van der Waals surface area contributed by atoms with E-state index in [1.165, 1.54) is 46.3 Å². The Morgan fingerprint density at radius 2 is 1.58 bits per heavy atom. The molecular formula is C18H32N2O4. The fraction of sp³-hybridized carbons (Fsp3) is 0.889. The number of esters is 2. The summed E-state index contributed by atoms with van der Waals surface area (Å²) in [6.45, 7) is 3.74. The molecular weight excluding hydrogens is 308 g/mol. The van der Waals surface area contributed by atoms with Crippen molar-refractivity contribution in [1.82, 2.24) is 10.2 Å². The van der Waals surface area contributed by atoms with E-state index in [1.54, 1.807) is 0 Å². The van der Waals surface area contributed by atoms with Gasteiger partial charge in [0.15, 0.2) is 0 Å². The van der Waals surface area contributed by atoms with E-state index in [0.29, 0.717) is 0 Å². The molecule has 3 rings (SSSR count). The lowest BCUT2D eigenvalue weighted by atomic mass is 9.94. The first kappa shape index (κ1) is 19.2. The molecule has 0 aromatic rings. The lowest BCUT2D eigenvalue weighted by Gasteiger charge is -2.30. The number of carbonyl (C=O) groups excluding carboxylic acids is 2. The summed E-state index contributed by atoms with van der Waals surface area (Å²) in [4.78, 5) is 24.6. The lowest BCUT2D eigenvalue weighted by Crippen LogP contribution is -2.35. The van der Waals surface area contributed by atoms with Crippen LogP contribution >= 0.6 is 0 Å². The second-order valence-corrected chi connectivity index (χ2v) is 7.01. The topological polar surface area (TPSA) is 67.9 Å². The fourth-order valence-electron chi connectivity index (χ4n) is 3.95. The molecule has 1 aliphatic carbocycles. The summed E-state index contributed by atoms with van der Waals surface area (Å²) in [6.07, 6.45) is 8.69. The molecule has 0 aromatic heterocycles. The number of likely N-dealkylation sites (tertiary alicyclic amines) is 1. The van der Waals surface area contributed by atoms with Crippen molar-refractivity contribution in [1.29, 1.82) is 0 Å². The molecule has 2 heterocycles. The van der Waals surface area contributed by atoms with Gasteiger partial charge in [-0.1, -0.05) is 19.3 Å². The zero-order valence-corrected chi connectivity index (χ0v) is 15.1. The highest BCUT2D eigenvalue weighted by Crippen LogP contribution is 2.28. The number of carbonyl (C=O) groups is 2. The monoisotopic (exact) mass is 340 g/mol. The Balaban J connectivity index is 0.000000198. The Hall–Kier alpha value is -1.14. The maximum atomic E-state index is 11.4. The Morgan fingerprint density at radius 3 is 2.17 bits per heavy atom. The highest BCUT2D eigenvalue weighted by molar-refractivity contribution is 5.73. The van der Waals surface area contributed by atoms with Crippen LogP contribution in [0.4, 0.5) is 0 Å². The van der Waals surface area contributed by atoms with Crippen LogP contribution in [0.5, 0.6) is 0 Å². The third kappa shape index (κ3) is 5.45. The van der Waals surface area contributed by atoms with Gasteiger partial charge in [0.1, 0.15) is 0 Å². The summed E-state index contributed by atoms with van der Waals surface area (Å²) in [5.74, 6) is 0.139. The average molecular weight is 340 g/mol. The lowest BCUT2D eigenvalue weighted by molar-refractivity contribution is -0.145. The van der Waals surface area contributed by atoms with Gasteiger partial charge in [0, 0.05) is 19.1 Å². The van der Waals surface area contributed by atoms with E-state index < -0.39 is 0 Å². The van der Waals surface area contributed by atoms with Crippen molar-refractivity contribution >= 4 is 11.9 Å². The number of hydrogen-bond acceptors (Lipinski definition) is 6. The van der Waals surface area contributed by atoms with E-state index in [9.17, 15) is 9.59 Å². The fourth-order valence-corrected chi connectivity index (χ4v) is 3.95. The molecule has 0 aromatic carbocycles. The number of methoxy groups -OCH3 is 2. The number of nitrogens with zero attached hydrogens (tertiary/aromatic N) is 1. The second-order valence-electron chi connectivity index (χ2n) is 7.01. The van der Waals surface area contributed by atoms with Crippen LogP contribution in [0, 0.1) is 11.8 Å². The number of nitrogens with one attached hydrogen (secondary N) is 1. The smallest absolute Gasteiger partial charge is 0.310 e. The van der Waals surface area contributed by atoms with E-state index in [2.05, 4.69) is 15.0 Å². The van der Waals surface area contributed by atoms with Crippen LogP contribution in [0.2, 0.25) is 0 Å². The third-order valence-electron chi connectivity index (χ3n) is 5.44. The Kier molecular flexibility index (Phi) is 7.99. The molecule has 0 amide bonds. The molecule has 3 aliphatic rings. The van der Waals surface area contributed by atoms with Gasteiger partial charge in [-0.3, -0.25) is 14.5 Å². The van der Waals surface area contributed by atoms with Crippen molar-refractivity contribution in [3.63, 3.8) is 0 Å². The van der Waals surface area contributed by atoms with Crippen molar-refractivity contribution in [2.24, 2.45) is 11.8 Å². The van der Waals surface area contributed by atoms with Gasteiger partial charge < -0.3 is 14.8 Å². The molecule has 1 N–H and O–H groups in total. The minimum Gasteiger partial charge on any atom is -0.469 e. The molecule has 24 heavy (non-hydrogen) atoms. The zero-order valence-electron chi connectivity index (χ0n) is 15.1. The SMILES string of the molecule is COC(=O)C1CCN(C2CCCCC2)C1.COC(=O)C1CCNC1. The molecule has 138 valence electrons. The highest BCUT2D eigenvalue weighted by Gasteiger charge is 2.33. The summed E-state index contributed by atoms with van der Waals surface area (Å²) in [7, 11) is 2.92. The van der Waals surface area contributed by atoms with Crippen LogP contribution in [0.3, 0.4) is 0 Å². The number of rotatable bonds is 3. The largest absolute Gasteiger partial charge is 0.469 e. The van der Waals surface area contributed by atoms with Gasteiger partial charge in [-0.25, -0.2) is 0 Å². The van der Waals surface area contributed by atoms with Gasteiger partial charge >= 0.3 is 11.9 Å². The molecule has 0 spiro atoms. The van der Waals surface area contributed by atoms with Gasteiger partial charge in [-0.05, 0) is 38.8 Å². The van der Waals surface area contributed by atoms with Crippen molar-refractivity contribution in [2.45, 2.75) is 51.0 Å². The minimum absolute atomic E-state index is 0.0201. The first-order valence-electron chi connectivity index (χ1n) is 9.26. The van der Waals surface area contributed by atoms with Gasteiger partial charge in [0.2, 0.25) is 0 Å². The molecule has 0 bridgehead atoms.